The van der Waals surface area contributed by atoms with E-state index >= 15 is 0 Å². The van der Waals surface area contributed by atoms with Gasteiger partial charge in [-0.3, -0.25) is 0 Å². The zero-order chi connectivity index (χ0) is 23.4. The molecular weight excluding hydrogens is 400 g/mol. The fourth-order valence-electron chi connectivity index (χ4n) is 2.75. The van der Waals surface area contributed by atoms with Crippen LogP contribution in [0.1, 0.15) is 40.2 Å². The van der Waals surface area contributed by atoms with E-state index < -0.39 is 5.60 Å². The van der Waals surface area contributed by atoms with Crippen LogP contribution < -0.4 is 24.8 Å². The topological polar surface area (TPSA) is 93.7 Å². The maximum atomic E-state index is 12.3. The minimum absolute atomic E-state index is 0.323. The summed E-state index contributed by atoms with van der Waals surface area (Å²) in [6.07, 6.45) is -0.323. The van der Waals surface area contributed by atoms with Crippen molar-refractivity contribution in [1.82, 2.24) is 15.5 Å². The minimum Gasteiger partial charge on any atom is -0.493 e. The van der Waals surface area contributed by atoms with Crippen molar-refractivity contribution in [2.75, 3.05) is 47.5 Å². The SMILES string of the molecule is CCNC(=NCc1cc(OC)c(OC)c(OC)c1)NCCN(CC)C(=O)OC(C)(C)C. The molecule has 0 unspecified atom stereocenters. The minimum atomic E-state index is -0.519. The zero-order valence-electron chi connectivity index (χ0n) is 20.1. The molecule has 2 N–H and O–H groups in total. The number of benzene rings is 1. The van der Waals surface area contributed by atoms with E-state index in [1.807, 2.05) is 46.8 Å². The number of aliphatic imine (C=N–C) groups is 1. The third-order valence-electron chi connectivity index (χ3n) is 4.20. The van der Waals surface area contributed by atoms with Gasteiger partial charge in [0.05, 0.1) is 27.9 Å². The first kappa shape index (κ1) is 26.2. The Hall–Kier alpha value is -2.84. The highest BCUT2D eigenvalue weighted by Gasteiger charge is 2.20. The maximum absolute atomic E-state index is 12.3. The average Bonchev–Trinajstić information content (AvgIpc) is 2.72. The second-order valence-corrected chi connectivity index (χ2v) is 7.72. The standard InChI is InChI=1S/C22H38N4O5/c1-9-23-20(24-11-12-26(10-2)21(27)31-22(3,4)5)25-15-16-13-17(28-6)19(30-8)18(14-16)29-7/h13-14H,9-12,15H2,1-8H3,(H2,23,24,25). The molecule has 1 aromatic rings. The van der Waals surface area contributed by atoms with E-state index in [1.165, 1.54) is 0 Å². The molecule has 9 nitrogen and oxygen atoms in total. The molecule has 1 aromatic carbocycles. The van der Waals surface area contributed by atoms with Crippen LogP contribution in [0.4, 0.5) is 4.79 Å². The average molecular weight is 439 g/mol. The van der Waals surface area contributed by atoms with Crippen molar-refractivity contribution < 1.29 is 23.7 Å². The fourth-order valence-corrected chi connectivity index (χ4v) is 2.75. The highest BCUT2D eigenvalue weighted by atomic mass is 16.6. The summed E-state index contributed by atoms with van der Waals surface area (Å²) in [5.74, 6) is 2.36. The van der Waals surface area contributed by atoms with Crippen molar-refractivity contribution in [3.8, 4) is 17.2 Å². The van der Waals surface area contributed by atoms with Crippen LogP contribution in [0.25, 0.3) is 0 Å². The molecule has 1 amide bonds. The highest BCUT2D eigenvalue weighted by molar-refractivity contribution is 5.79. The number of nitrogens with zero attached hydrogens (tertiary/aromatic N) is 2. The summed E-state index contributed by atoms with van der Waals surface area (Å²) in [7, 11) is 4.74. The lowest BCUT2D eigenvalue weighted by Gasteiger charge is -2.26. The van der Waals surface area contributed by atoms with E-state index in [1.54, 1.807) is 26.2 Å². The van der Waals surface area contributed by atoms with Crippen LogP contribution in [0.2, 0.25) is 0 Å². The van der Waals surface area contributed by atoms with Crippen molar-refractivity contribution in [1.29, 1.82) is 0 Å². The Bertz CT molecular complexity index is 706. The number of guanidine groups is 1. The largest absolute Gasteiger partial charge is 0.493 e. The van der Waals surface area contributed by atoms with Crippen LogP contribution in [0.15, 0.2) is 17.1 Å². The van der Waals surface area contributed by atoms with Gasteiger partial charge in [0.25, 0.3) is 0 Å². The van der Waals surface area contributed by atoms with Gasteiger partial charge in [-0.25, -0.2) is 9.79 Å². The molecule has 0 saturated carbocycles. The number of carbonyl (C=O) groups is 1. The second-order valence-electron chi connectivity index (χ2n) is 7.72. The Kier molecular flexibility index (Phi) is 10.8. The molecule has 0 aliphatic heterocycles. The zero-order valence-corrected chi connectivity index (χ0v) is 20.1. The van der Waals surface area contributed by atoms with Crippen molar-refractivity contribution in [2.45, 2.75) is 46.8 Å². The van der Waals surface area contributed by atoms with Crippen molar-refractivity contribution >= 4 is 12.1 Å². The summed E-state index contributed by atoms with van der Waals surface area (Å²) in [6.45, 7) is 12.2. The number of amides is 1. The number of carbonyl (C=O) groups excluding carboxylic acids is 1. The van der Waals surface area contributed by atoms with Gasteiger partial charge in [0.2, 0.25) is 5.75 Å². The summed E-state index contributed by atoms with van der Waals surface area (Å²) >= 11 is 0. The lowest BCUT2D eigenvalue weighted by Crippen LogP contribution is -2.44. The smallest absolute Gasteiger partial charge is 0.410 e. The Morgan fingerprint density at radius 1 is 1.03 bits per heavy atom. The molecule has 9 heteroatoms. The molecule has 0 saturated heterocycles. The molecule has 0 fully saturated rings. The quantitative estimate of drug-likeness (QED) is 0.428. The number of hydrogen-bond acceptors (Lipinski definition) is 6. The van der Waals surface area contributed by atoms with Gasteiger partial charge in [0.15, 0.2) is 17.5 Å². The molecule has 0 aliphatic rings. The van der Waals surface area contributed by atoms with Crippen LogP contribution in [-0.4, -0.2) is 70.1 Å². The molecule has 1 rings (SSSR count). The van der Waals surface area contributed by atoms with Gasteiger partial charge >= 0.3 is 6.09 Å². The first-order valence-corrected chi connectivity index (χ1v) is 10.5. The lowest BCUT2D eigenvalue weighted by atomic mass is 10.2. The summed E-state index contributed by atoms with van der Waals surface area (Å²) < 4.78 is 21.6. The van der Waals surface area contributed by atoms with Crippen LogP contribution in [0, 0.1) is 0 Å². The van der Waals surface area contributed by atoms with Gasteiger partial charge in [-0.2, -0.15) is 0 Å². The molecule has 0 spiro atoms. The van der Waals surface area contributed by atoms with Crippen LogP contribution in [0.5, 0.6) is 17.2 Å². The van der Waals surface area contributed by atoms with Crippen molar-refractivity contribution in [3.63, 3.8) is 0 Å². The molecule has 0 heterocycles. The monoisotopic (exact) mass is 438 g/mol. The third kappa shape index (κ3) is 8.82. The first-order chi connectivity index (χ1) is 14.7. The summed E-state index contributed by atoms with van der Waals surface area (Å²) in [4.78, 5) is 18.5. The van der Waals surface area contributed by atoms with E-state index in [0.717, 1.165) is 5.56 Å². The maximum Gasteiger partial charge on any atom is 0.410 e. The van der Waals surface area contributed by atoms with E-state index in [2.05, 4.69) is 15.6 Å². The van der Waals surface area contributed by atoms with E-state index in [0.29, 0.717) is 55.9 Å². The highest BCUT2D eigenvalue weighted by Crippen LogP contribution is 2.38. The lowest BCUT2D eigenvalue weighted by molar-refractivity contribution is 0.0264. The summed E-state index contributed by atoms with van der Waals surface area (Å²) in [5.41, 5.74) is 0.394. The molecular formula is C22H38N4O5. The second kappa shape index (κ2) is 12.8. The number of methoxy groups -OCH3 is 3. The Labute approximate surface area is 186 Å². The van der Waals surface area contributed by atoms with Crippen LogP contribution in [0.3, 0.4) is 0 Å². The van der Waals surface area contributed by atoms with Crippen molar-refractivity contribution in [3.05, 3.63) is 17.7 Å². The van der Waals surface area contributed by atoms with Crippen LogP contribution in [-0.2, 0) is 11.3 Å². The van der Waals surface area contributed by atoms with Gasteiger partial charge in [-0.05, 0) is 52.3 Å². The Balaban J connectivity index is 2.80. The molecule has 0 aliphatic carbocycles. The number of ether oxygens (including phenoxy) is 4. The van der Waals surface area contributed by atoms with Crippen molar-refractivity contribution in [2.24, 2.45) is 4.99 Å². The van der Waals surface area contributed by atoms with E-state index in [9.17, 15) is 4.79 Å². The van der Waals surface area contributed by atoms with Gasteiger partial charge < -0.3 is 34.5 Å². The summed E-state index contributed by atoms with van der Waals surface area (Å²) in [6, 6.07) is 3.74. The number of rotatable bonds is 10. The normalized spacial score (nSPS) is 11.5. The first-order valence-electron chi connectivity index (χ1n) is 10.5. The third-order valence-corrected chi connectivity index (χ3v) is 4.20. The fraction of sp³-hybridized carbons (Fsp3) is 0.636. The number of nitrogens with one attached hydrogen (secondary N) is 2. The van der Waals surface area contributed by atoms with Gasteiger partial charge in [0, 0.05) is 26.2 Å². The molecule has 31 heavy (non-hydrogen) atoms. The predicted molar refractivity (Wildman–Crippen MR) is 122 cm³/mol. The van der Waals surface area contributed by atoms with Crippen LogP contribution >= 0.6 is 0 Å². The van der Waals surface area contributed by atoms with Gasteiger partial charge in [-0.1, -0.05) is 0 Å². The number of likely N-dealkylation sites (N-methyl/N-ethyl adjacent to an activating group) is 1. The van der Waals surface area contributed by atoms with Gasteiger partial charge in [0.1, 0.15) is 5.60 Å². The Morgan fingerprint density at radius 3 is 2.10 bits per heavy atom. The molecule has 0 atom stereocenters. The molecule has 0 aromatic heterocycles. The van der Waals surface area contributed by atoms with E-state index in [-0.39, 0.29) is 6.09 Å². The predicted octanol–water partition coefficient (Wildman–Crippen LogP) is 3.02. The molecule has 0 bridgehead atoms. The van der Waals surface area contributed by atoms with E-state index in [4.69, 9.17) is 18.9 Å². The Morgan fingerprint density at radius 2 is 1.65 bits per heavy atom. The molecule has 0 radical (unpaired) electrons. The summed E-state index contributed by atoms with van der Waals surface area (Å²) in [5, 5.41) is 6.46. The van der Waals surface area contributed by atoms with Gasteiger partial charge in [-0.15, -0.1) is 0 Å². The molecule has 176 valence electrons. The number of hydrogen-bond donors (Lipinski definition) is 2.